The molecule has 0 radical (unpaired) electrons. The minimum atomic E-state index is -2.97. The summed E-state index contributed by atoms with van der Waals surface area (Å²) in [6, 6.07) is 0. The first-order valence-corrected chi connectivity index (χ1v) is 16.2. The van der Waals surface area contributed by atoms with Gasteiger partial charge in [-0.15, -0.1) is 5.10 Å². The van der Waals surface area contributed by atoms with Crippen molar-refractivity contribution in [2.75, 3.05) is 86.0 Å². The van der Waals surface area contributed by atoms with Gasteiger partial charge in [-0.05, 0) is 30.5 Å². The number of unbranched alkanes of at least 4 members (excludes halogenated alkanes) is 3. The van der Waals surface area contributed by atoms with Crippen LogP contribution in [0.15, 0.2) is 6.20 Å². The van der Waals surface area contributed by atoms with E-state index in [0.29, 0.717) is 85.6 Å². The van der Waals surface area contributed by atoms with Gasteiger partial charge in [0.25, 0.3) is 0 Å². The van der Waals surface area contributed by atoms with Crippen LogP contribution in [0, 0.1) is 0 Å². The number of ether oxygens (including phenoxy) is 5. The van der Waals surface area contributed by atoms with Crippen LogP contribution in [0.1, 0.15) is 37.8 Å². The van der Waals surface area contributed by atoms with Gasteiger partial charge in [0.1, 0.15) is 5.69 Å². The lowest BCUT2D eigenvalue weighted by Gasteiger charge is -2.12. The van der Waals surface area contributed by atoms with Crippen molar-refractivity contribution in [1.29, 1.82) is 0 Å². The van der Waals surface area contributed by atoms with Gasteiger partial charge in [-0.25, -0.2) is 4.57 Å². The molecular weight excluding hydrogens is 539 g/mol. The van der Waals surface area contributed by atoms with Gasteiger partial charge in [-0.2, -0.15) is 0 Å². The highest BCUT2D eigenvalue weighted by Gasteiger charge is 2.20. The number of amides is 1. The fourth-order valence-electron chi connectivity index (χ4n) is 2.94. The van der Waals surface area contributed by atoms with Gasteiger partial charge in [0.2, 0.25) is 5.91 Å². The Kier molecular flexibility index (Phi) is 21.9. The van der Waals surface area contributed by atoms with E-state index in [1.165, 1.54) is 7.11 Å². The predicted molar refractivity (Wildman–Crippen MR) is 144 cm³/mol. The highest BCUT2D eigenvalue weighted by atomic mass is 32.7. The zero-order valence-electron chi connectivity index (χ0n) is 23.0. The average molecular weight is 585 g/mol. The molecule has 0 bridgehead atoms. The SMILES string of the molecule is COP(=O)(OCCCCCCNC(=O)CCOCCOCCOCCOCCOCc1cn(C)nn1)SC. The Balaban J connectivity index is 1.74. The molecule has 1 heterocycles. The predicted octanol–water partition coefficient (Wildman–Crippen LogP) is 2.60. The van der Waals surface area contributed by atoms with E-state index in [1.54, 1.807) is 10.9 Å². The van der Waals surface area contributed by atoms with Crippen LogP contribution in [0.4, 0.5) is 0 Å². The first-order chi connectivity index (χ1) is 18.5. The molecule has 0 aliphatic carbocycles. The molecule has 38 heavy (non-hydrogen) atoms. The van der Waals surface area contributed by atoms with Crippen LogP contribution >= 0.6 is 18.2 Å². The third-order valence-corrected chi connectivity index (χ3v) is 8.45. The van der Waals surface area contributed by atoms with Crippen molar-refractivity contribution >= 4 is 24.1 Å². The molecular formula is C23H45N4O9PS. The van der Waals surface area contributed by atoms with Crippen LogP contribution in [-0.4, -0.2) is 107 Å². The van der Waals surface area contributed by atoms with Crippen molar-refractivity contribution in [3.63, 3.8) is 0 Å². The lowest BCUT2D eigenvalue weighted by atomic mass is 10.2. The zero-order valence-corrected chi connectivity index (χ0v) is 24.7. The van der Waals surface area contributed by atoms with Gasteiger partial charge in [0, 0.05) is 27.1 Å². The molecule has 1 unspecified atom stereocenters. The van der Waals surface area contributed by atoms with Crippen molar-refractivity contribution in [3.8, 4) is 0 Å². The van der Waals surface area contributed by atoms with E-state index >= 15 is 0 Å². The van der Waals surface area contributed by atoms with Gasteiger partial charge in [0.05, 0.1) is 78.9 Å². The van der Waals surface area contributed by atoms with Gasteiger partial charge in [-0.3, -0.25) is 9.48 Å². The molecule has 0 saturated heterocycles. The van der Waals surface area contributed by atoms with Gasteiger partial charge in [0.15, 0.2) is 0 Å². The van der Waals surface area contributed by atoms with E-state index in [9.17, 15) is 9.36 Å². The Morgan fingerprint density at radius 2 is 1.47 bits per heavy atom. The lowest BCUT2D eigenvalue weighted by Crippen LogP contribution is -2.25. The number of nitrogens with one attached hydrogen (secondary N) is 1. The highest BCUT2D eigenvalue weighted by molar-refractivity contribution is 8.54. The number of hydrogen-bond donors (Lipinski definition) is 1. The van der Waals surface area contributed by atoms with Crippen molar-refractivity contribution in [2.45, 2.75) is 38.7 Å². The van der Waals surface area contributed by atoms with E-state index in [-0.39, 0.29) is 5.91 Å². The molecule has 222 valence electrons. The maximum absolute atomic E-state index is 11.9. The lowest BCUT2D eigenvalue weighted by molar-refractivity contribution is -0.122. The van der Waals surface area contributed by atoms with Crippen LogP contribution in [0.5, 0.6) is 0 Å². The molecule has 0 saturated carbocycles. The summed E-state index contributed by atoms with van der Waals surface area (Å²) in [4.78, 5) is 11.8. The number of rotatable bonds is 27. The van der Waals surface area contributed by atoms with E-state index in [0.717, 1.165) is 42.8 Å². The molecule has 0 aromatic carbocycles. The Morgan fingerprint density at radius 3 is 2.03 bits per heavy atom. The van der Waals surface area contributed by atoms with E-state index in [1.807, 2.05) is 13.2 Å². The number of nitrogens with zero attached hydrogens (tertiary/aromatic N) is 3. The molecule has 1 aromatic rings. The largest absolute Gasteiger partial charge is 0.388 e. The van der Waals surface area contributed by atoms with E-state index in [4.69, 9.17) is 32.7 Å². The number of aryl methyl sites for hydroxylation is 1. The first kappa shape index (κ1) is 34.9. The van der Waals surface area contributed by atoms with Gasteiger partial charge < -0.3 is 38.0 Å². The minimum absolute atomic E-state index is 0.0251. The maximum atomic E-state index is 11.9. The second kappa shape index (κ2) is 23.8. The van der Waals surface area contributed by atoms with Crippen LogP contribution in [0.2, 0.25) is 0 Å². The Labute approximate surface area is 230 Å². The molecule has 1 atom stereocenters. The quantitative estimate of drug-likeness (QED) is 0.120. The zero-order chi connectivity index (χ0) is 27.7. The summed E-state index contributed by atoms with van der Waals surface area (Å²) in [6.07, 6.45) is 7.43. The fraction of sp³-hybridized carbons (Fsp3) is 0.870. The second-order valence-corrected chi connectivity index (χ2v) is 12.4. The minimum Gasteiger partial charge on any atom is -0.379 e. The second-order valence-electron chi connectivity index (χ2n) is 8.05. The molecule has 15 heteroatoms. The Hall–Kier alpha value is -1.09. The van der Waals surface area contributed by atoms with Crippen LogP contribution in [0.25, 0.3) is 0 Å². The summed E-state index contributed by atoms with van der Waals surface area (Å²) in [5, 5.41) is 10.7. The van der Waals surface area contributed by atoms with Crippen molar-refractivity contribution < 1.29 is 42.1 Å². The number of carbonyl (C=O) groups is 1. The van der Waals surface area contributed by atoms with Gasteiger partial charge in [-0.1, -0.05) is 18.1 Å². The third kappa shape index (κ3) is 19.9. The molecule has 1 N–H and O–H groups in total. The fourth-order valence-corrected chi connectivity index (χ4v) is 4.64. The number of aromatic nitrogens is 3. The summed E-state index contributed by atoms with van der Waals surface area (Å²) in [5.41, 5.74) is 0.790. The third-order valence-electron chi connectivity index (χ3n) is 4.95. The summed E-state index contributed by atoms with van der Waals surface area (Å²) >= 11 is 1.10. The Morgan fingerprint density at radius 1 is 0.895 bits per heavy atom. The first-order valence-electron chi connectivity index (χ1n) is 12.9. The Bertz CT molecular complexity index is 752. The van der Waals surface area contributed by atoms with E-state index < -0.39 is 6.80 Å². The van der Waals surface area contributed by atoms with Crippen LogP contribution in [0.3, 0.4) is 0 Å². The molecule has 0 fully saturated rings. The smallest absolute Gasteiger partial charge is 0.379 e. The highest BCUT2D eigenvalue weighted by Crippen LogP contribution is 2.58. The molecule has 1 aromatic heterocycles. The summed E-state index contributed by atoms with van der Waals surface area (Å²) < 4.78 is 50.9. The van der Waals surface area contributed by atoms with E-state index in [2.05, 4.69) is 15.6 Å². The standard InChI is InChI=1S/C23H45N4O9PS/c1-27-20-22(25-26-27)21-35-19-18-34-17-16-33-15-14-32-13-12-31-11-8-23(28)24-9-6-4-5-7-10-36-37(29,30-2)38-3/h20H,4-19,21H2,1-3H3,(H,24,28). The molecule has 1 amide bonds. The van der Waals surface area contributed by atoms with Crippen LogP contribution < -0.4 is 5.32 Å². The van der Waals surface area contributed by atoms with Crippen molar-refractivity contribution in [1.82, 2.24) is 20.3 Å². The van der Waals surface area contributed by atoms with Gasteiger partial charge >= 0.3 is 6.80 Å². The number of hydrogen-bond acceptors (Lipinski definition) is 12. The molecule has 13 nitrogen and oxygen atoms in total. The summed E-state index contributed by atoms with van der Waals surface area (Å²) in [7, 11) is 3.20. The average Bonchev–Trinajstić information content (AvgIpc) is 3.34. The topological polar surface area (TPSA) is 141 Å². The summed E-state index contributed by atoms with van der Waals surface area (Å²) in [6.45, 7) is 2.64. The molecule has 1 rings (SSSR count). The molecule has 0 aliphatic rings. The van der Waals surface area contributed by atoms with Crippen molar-refractivity contribution in [3.05, 3.63) is 11.9 Å². The van der Waals surface area contributed by atoms with Crippen molar-refractivity contribution in [2.24, 2.45) is 7.05 Å². The summed E-state index contributed by atoms with van der Waals surface area (Å²) in [5.74, 6) is -0.0251. The molecule has 0 aliphatic heterocycles. The maximum Gasteiger partial charge on any atom is 0.388 e. The molecule has 0 spiro atoms. The normalized spacial score (nSPS) is 13.0. The van der Waals surface area contributed by atoms with Crippen LogP contribution in [-0.2, 0) is 55.7 Å². The monoisotopic (exact) mass is 584 g/mol. The number of carbonyl (C=O) groups excluding carboxylic acids is 1.